The quantitative estimate of drug-likeness (QED) is 0.135. The molecule has 113 heavy (non-hydrogen) atoms. The van der Waals surface area contributed by atoms with Gasteiger partial charge in [-0.2, -0.15) is 0 Å². The number of para-hydroxylation sites is 6. The minimum atomic E-state index is -0.589. The molecule has 0 N–H and O–H groups in total. The van der Waals surface area contributed by atoms with Gasteiger partial charge < -0.3 is 18.3 Å². The summed E-state index contributed by atoms with van der Waals surface area (Å²) in [4.78, 5) is 0. The lowest BCUT2D eigenvalue weighted by atomic mass is 9.67. The average molecular weight is 1440 g/mol. The molecule has 528 valence electrons. The van der Waals surface area contributed by atoms with Crippen LogP contribution in [-0.2, 0) is 22.7 Å². The lowest BCUT2D eigenvalue weighted by Crippen LogP contribution is -2.28. The summed E-state index contributed by atoms with van der Waals surface area (Å²) >= 11 is 0. The highest BCUT2D eigenvalue weighted by atomic mass is 15.1. The van der Waals surface area contributed by atoms with Gasteiger partial charge >= 0.3 is 0 Å². The fraction of sp³-hybridized carbons (Fsp3) is 0.0642. The Morgan fingerprint density at radius 3 is 1.12 bits per heavy atom. The molecular weight excluding hydrogens is 1370 g/mol. The molecule has 0 spiro atoms. The Hall–Kier alpha value is -14.1. The van der Waals surface area contributed by atoms with Gasteiger partial charge in [0, 0.05) is 76.7 Å². The number of aromatic nitrogens is 4. The maximum absolute atomic E-state index is 2.65. The molecule has 18 aromatic carbocycles. The molecule has 0 saturated heterocycles. The Morgan fingerprint density at radius 1 is 0.230 bits per heavy atom. The zero-order valence-electron chi connectivity index (χ0n) is 62.7. The third kappa shape index (κ3) is 8.08. The summed E-state index contributed by atoms with van der Waals surface area (Å²) in [6, 6.07) is 141. The third-order valence-corrected chi connectivity index (χ3v) is 26.7. The van der Waals surface area contributed by atoms with Crippen LogP contribution in [0.3, 0.4) is 0 Å². The van der Waals surface area contributed by atoms with E-state index in [9.17, 15) is 0 Å². The first-order valence-corrected chi connectivity index (χ1v) is 39.9. The molecule has 3 aliphatic carbocycles. The fourth-order valence-electron chi connectivity index (χ4n) is 22.4. The summed E-state index contributed by atoms with van der Waals surface area (Å²) < 4.78 is 10.4. The van der Waals surface area contributed by atoms with E-state index in [1.54, 1.807) is 0 Å². The number of benzene rings is 18. The van der Waals surface area contributed by atoms with Crippen LogP contribution in [0.2, 0.25) is 0 Å². The predicted molar refractivity (Wildman–Crippen MR) is 473 cm³/mol. The van der Waals surface area contributed by atoms with Gasteiger partial charge in [-0.05, 0) is 195 Å². The molecule has 25 rings (SSSR count). The third-order valence-electron chi connectivity index (χ3n) is 26.7. The molecule has 0 radical (unpaired) electrons. The first kappa shape index (κ1) is 62.8. The summed E-state index contributed by atoms with van der Waals surface area (Å²) in [6.07, 6.45) is 0.766. The maximum atomic E-state index is 2.65. The second-order valence-corrected chi connectivity index (χ2v) is 32.6. The van der Waals surface area contributed by atoms with Gasteiger partial charge in [-0.3, -0.25) is 0 Å². The SMILES string of the molecule is CC1(C)c2ccccc2-c2c1c1c3ccccc3n(-c3ccccc3)c1c1c2c2ccccc2n1-c1ccc2c3ccc(CC4(C)c5ccccc5-c5c4c4c6ccccc6n(-c6ccccc6)c4c4c5c5ccccc5n4-c4ccc5c(c4)C(c4ccccc4)(c4ccccc4)c4ccccc4-5)cc3c3ccccc3c2c1. The highest BCUT2D eigenvalue weighted by Crippen LogP contribution is 2.63. The number of nitrogens with zero attached hydrogens (tertiary/aromatic N) is 4. The highest BCUT2D eigenvalue weighted by molar-refractivity contribution is 6.34. The van der Waals surface area contributed by atoms with Crippen molar-refractivity contribution in [3.63, 3.8) is 0 Å². The van der Waals surface area contributed by atoms with Crippen molar-refractivity contribution in [3.8, 4) is 56.1 Å². The number of fused-ring (bicyclic) bond motifs is 33. The van der Waals surface area contributed by atoms with Crippen LogP contribution in [0, 0.1) is 0 Å². The molecule has 4 heteroatoms. The van der Waals surface area contributed by atoms with Gasteiger partial charge in [0.2, 0.25) is 0 Å². The van der Waals surface area contributed by atoms with E-state index in [2.05, 4.69) is 409 Å². The molecule has 1 atom stereocenters. The molecule has 0 aliphatic heterocycles. The lowest BCUT2D eigenvalue weighted by molar-refractivity contribution is 0.588. The van der Waals surface area contributed by atoms with Crippen LogP contribution in [0.4, 0.5) is 0 Å². The molecule has 0 amide bonds. The number of rotatable bonds is 8. The molecule has 0 fully saturated rings. The summed E-state index contributed by atoms with van der Waals surface area (Å²) in [6.45, 7) is 7.47. The minimum absolute atomic E-state index is 0.270. The van der Waals surface area contributed by atoms with Crippen molar-refractivity contribution in [2.75, 3.05) is 0 Å². The van der Waals surface area contributed by atoms with Crippen LogP contribution >= 0.6 is 0 Å². The first-order valence-electron chi connectivity index (χ1n) is 39.9. The smallest absolute Gasteiger partial charge is 0.0795 e. The van der Waals surface area contributed by atoms with Crippen LogP contribution in [0.5, 0.6) is 0 Å². The zero-order chi connectivity index (χ0) is 74.3. The maximum Gasteiger partial charge on any atom is 0.0795 e. The number of hydrogen-bond acceptors (Lipinski definition) is 0. The second kappa shape index (κ2) is 22.8. The minimum Gasteiger partial charge on any atom is -0.307 e. The fourth-order valence-corrected chi connectivity index (χ4v) is 22.4. The lowest BCUT2D eigenvalue weighted by Gasteiger charge is -2.34. The van der Waals surface area contributed by atoms with Gasteiger partial charge in [-0.15, -0.1) is 0 Å². The van der Waals surface area contributed by atoms with Crippen LogP contribution in [0.1, 0.15) is 70.8 Å². The van der Waals surface area contributed by atoms with Crippen molar-refractivity contribution >= 4 is 120 Å². The van der Waals surface area contributed by atoms with E-state index >= 15 is 0 Å². The van der Waals surface area contributed by atoms with Crippen molar-refractivity contribution in [1.29, 1.82) is 0 Å². The first-order chi connectivity index (χ1) is 55.8. The van der Waals surface area contributed by atoms with E-state index in [1.807, 2.05) is 0 Å². The topological polar surface area (TPSA) is 19.7 Å². The van der Waals surface area contributed by atoms with Crippen LogP contribution in [-0.4, -0.2) is 18.3 Å². The standard InChI is InChI=1S/C109H72N4/c1-107(2)87-49-25-19-43-79(87)95-97-81-45-21-28-52-91(81)112(103(97)105-99(101(95)107)83-47-23-30-54-93(83)110(105)69-36-12-6-13-37-69)71-57-60-76-75-59-56-66(62-85(75)73-40-16-17-41-74(73)86(76)63-71)65-108(3)88-50-26-20-44-80(88)96-98-82-46-22-29-53-92(82)113(104(98)106-100(102(96)108)84-48-24-31-55-94(84)111(106)70-38-14-7-15-39-70)72-58-61-78-77-42-18-27-51-89(77)109(90(78)64-72,67-32-8-4-9-33-67)68-34-10-5-11-35-68/h4-64H,65H2,1-3H3. The monoisotopic (exact) mass is 1440 g/mol. The Kier molecular flexibility index (Phi) is 12.7. The van der Waals surface area contributed by atoms with E-state index in [-0.39, 0.29) is 5.41 Å². The molecule has 4 heterocycles. The average Bonchev–Trinajstić information content (AvgIpc) is 1.50. The molecule has 22 aromatic rings. The largest absolute Gasteiger partial charge is 0.307 e. The summed E-state index contributed by atoms with van der Waals surface area (Å²) in [5, 5.41) is 17.7. The van der Waals surface area contributed by atoms with E-state index in [0.29, 0.717) is 0 Å². The molecular formula is C109H72N4. The summed E-state index contributed by atoms with van der Waals surface area (Å²) in [5.74, 6) is 0. The molecule has 4 aromatic heterocycles. The van der Waals surface area contributed by atoms with Gasteiger partial charge in [0.25, 0.3) is 0 Å². The van der Waals surface area contributed by atoms with Gasteiger partial charge in [0.15, 0.2) is 0 Å². The molecule has 1 unspecified atom stereocenters. The normalized spacial score (nSPS) is 15.1. The Labute approximate surface area is 653 Å². The van der Waals surface area contributed by atoms with Gasteiger partial charge in [0.05, 0.1) is 49.5 Å². The second-order valence-electron chi connectivity index (χ2n) is 32.6. The highest BCUT2D eigenvalue weighted by Gasteiger charge is 2.49. The Bertz CT molecular complexity index is 7860. The van der Waals surface area contributed by atoms with Crippen LogP contribution in [0.15, 0.2) is 370 Å². The number of hydrogen-bond donors (Lipinski definition) is 0. The van der Waals surface area contributed by atoms with E-state index in [4.69, 9.17) is 0 Å². The van der Waals surface area contributed by atoms with Crippen molar-refractivity contribution in [2.24, 2.45) is 0 Å². The van der Waals surface area contributed by atoms with E-state index in [0.717, 1.165) is 29.2 Å². The van der Waals surface area contributed by atoms with Gasteiger partial charge in [-0.1, -0.05) is 318 Å². The zero-order valence-corrected chi connectivity index (χ0v) is 62.7. The Balaban J connectivity index is 0.721. The Morgan fingerprint density at radius 2 is 0.584 bits per heavy atom. The van der Waals surface area contributed by atoms with Crippen molar-refractivity contribution in [3.05, 3.63) is 420 Å². The summed E-state index contributed by atoms with van der Waals surface area (Å²) in [5.41, 5.74) is 32.5. The van der Waals surface area contributed by atoms with Crippen molar-refractivity contribution in [1.82, 2.24) is 18.3 Å². The van der Waals surface area contributed by atoms with E-state index < -0.39 is 10.8 Å². The van der Waals surface area contributed by atoms with Crippen LogP contribution in [0.25, 0.3) is 176 Å². The summed E-state index contributed by atoms with van der Waals surface area (Å²) in [7, 11) is 0. The molecule has 0 bridgehead atoms. The van der Waals surface area contributed by atoms with Gasteiger partial charge in [0.1, 0.15) is 0 Å². The van der Waals surface area contributed by atoms with Gasteiger partial charge in [-0.25, -0.2) is 0 Å². The van der Waals surface area contributed by atoms with E-state index in [1.165, 1.54) is 203 Å². The van der Waals surface area contributed by atoms with Crippen molar-refractivity contribution in [2.45, 2.75) is 43.4 Å². The molecule has 3 aliphatic rings. The predicted octanol–water partition coefficient (Wildman–Crippen LogP) is 27.7. The van der Waals surface area contributed by atoms with Crippen molar-refractivity contribution < 1.29 is 0 Å². The molecule has 0 saturated carbocycles. The van der Waals surface area contributed by atoms with Crippen LogP contribution < -0.4 is 0 Å². The molecule has 4 nitrogen and oxygen atoms in total.